The second kappa shape index (κ2) is 9.44. The second-order valence-electron chi connectivity index (χ2n) is 9.51. The maximum absolute atomic E-state index is 13.5. The van der Waals surface area contributed by atoms with Gasteiger partial charge in [-0.05, 0) is 56.5 Å². The molecule has 4 rings (SSSR count). The van der Waals surface area contributed by atoms with Crippen molar-refractivity contribution in [1.82, 2.24) is 14.8 Å². The normalized spacial score (nSPS) is 18.4. The van der Waals surface area contributed by atoms with Crippen molar-refractivity contribution in [2.24, 2.45) is 0 Å². The summed E-state index contributed by atoms with van der Waals surface area (Å²) in [5.74, 6) is 0.592. The molecule has 2 aliphatic heterocycles. The Bertz CT molecular complexity index is 1120. The number of aromatic nitrogens is 1. The van der Waals surface area contributed by atoms with Crippen LogP contribution in [0.25, 0.3) is 0 Å². The van der Waals surface area contributed by atoms with Gasteiger partial charge in [0.05, 0.1) is 11.1 Å². The third-order valence-electron chi connectivity index (χ3n) is 6.69. The van der Waals surface area contributed by atoms with Gasteiger partial charge in [-0.2, -0.15) is 0 Å². The number of nitrogens with zero attached hydrogens (tertiary/aromatic N) is 5. The molecule has 34 heavy (non-hydrogen) atoms. The summed E-state index contributed by atoms with van der Waals surface area (Å²) in [6, 6.07) is 7.38. The van der Waals surface area contributed by atoms with Crippen LogP contribution in [0.15, 0.2) is 30.5 Å². The van der Waals surface area contributed by atoms with Gasteiger partial charge in [-0.1, -0.05) is 6.07 Å². The molecule has 1 atom stereocenters. The lowest BCUT2D eigenvalue weighted by Gasteiger charge is -2.36. The van der Waals surface area contributed by atoms with Crippen LogP contribution in [0.3, 0.4) is 0 Å². The molecule has 2 aliphatic rings. The van der Waals surface area contributed by atoms with Crippen molar-refractivity contribution >= 4 is 29.2 Å². The molecule has 0 spiro atoms. The summed E-state index contributed by atoms with van der Waals surface area (Å²) < 4.78 is 0. The van der Waals surface area contributed by atoms with Crippen LogP contribution in [0.4, 0.5) is 11.5 Å². The number of aryl methyl sites for hydroxylation is 2. The van der Waals surface area contributed by atoms with E-state index in [2.05, 4.69) is 22.9 Å². The zero-order chi connectivity index (χ0) is 24.6. The molecule has 1 aromatic heterocycles. The Labute approximate surface area is 201 Å². The van der Waals surface area contributed by atoms with Gasteiger partial charge in [0.25, 0.3) is 11.8 Å². The molecule has 0 aliphatic carbocycles. The molecule has 0 saturated carbocycles. The van der Waals surface area contributed by atoms with Gasteiger partial charge >= 0.3 is 0 Å². The summed E-state index contributed by atoms with van der Waals surface area (Å²) in [4.78, 5) is 50.7. The summed E-state index contributed by atoms with van der Waals surface area (Å²) in [6.07, 6.45) is 3.15. The number of hydrogen-bond donors (Lipinski definition) is 0. The predicted molar refractivity (Wildman–Crippen MR) is 132 cm³/mol. The number of benzene rings is 1. The third-order valence-corrected chi connectivity index (χ3v) is 6.69. The SMILES string of the molecule is Cc1cnc(N2CCN(C(=O)c3ccc(N4C(=O)CCC4C)cc3C(=O)N(C)C)CC2)c(C)c1. The largest absolute Gasteiger partial charge is 0.353 e. The van der Waals surface area contributed by atoms with Crippen LogP contribution >= 0.6 is 0 Å². The molecular weight excluding hydrogens is 430 g/mol. The maximum Gasteiger partial charge on any atom is 0.254 e. The quantitative estimate of drug-likeness (QED) is 0.697. The first-order valence-corrected chi connectivity index (χ1v) is 11.8. The van der Waals surface area contributed by atoms with E-state index in [0.29, 0.717) is 49.4 Å². The van der Waals surface area contributed by atoms with Crippen molar-refractivity contribution in [1.29, 1.82) is 0 Å². The van der Waals surface area contributed by atoms with Crippen LogP contribution in [0, 0.1) is 13.8 Å². The van der Waals surface area contributed by atoms with Gasteiger partial charge in [-0.15, -0.1) is 0 Å². The Kier molecular flexibility index (Phi) is 6.59. The van der Waals surface area contributed by atoms with E-state index in [0.717, 1.165) is 23.4 Å². The molecular formula is C26H33N5O3. The first-order chi connectivity index (χ1) is 16.2. The predicted octanol–water partition coefficient (Wildman–Crippen LogP) is 2.88. The Morgan fingerprint density at radius 3 is 2.32 bits per heavy atom. The van der Waals surface area contributed by atoms with Crippen LogP contribution in [0.1, 0.15) is 51.6 Å². The van der Waals surface area contributed by atoms with Crippen molar-refractivity contribution in [2.75, 3.05) is 50.1 Å². The zero-order valence-corrected chi connectivity index (χ0v) is 20.7. The number of amides is 3. The molecule has 0 radical (unpaired) electrons. The fourth-order valence-corrected chi connectivity index (χ4v) is 4.84. The smallest absolute Gasteiger partial charge is 0.254 e. The first-order valence-electron chi connectivity index (χ1n) is 11.8. The van der Waals surface area contributed by atoms with Crippen LogP contribution in [-0.2, 0) is 4.79 Å². The van der Waals surface area contributed by atoms with Gasteiger partial charge in [0.1, 0.15) is 5.82 Å². The lowest BCUT2D eigenvalue weighted by molar-refractivity contribution is -0.117. The van der Waals surface area contributed by atoms with Crippen molar-refractivity contribution in [2.45, 2.75) is 39.7 Å². The number of rotatable bonds is 4. The molecule has 3 heterocycles. The van der Waals surface area contributed by atoms with E-state index >= 15 is 0 Å². The molecule has 1 unspecified atom stereocenters. The highest BCUT2D eigenvalue weighted by Gasteiger charge is 2.32. The van der Waals surface area contributed by atoms with Crippen molar-refractivity contribution in [3.63, 3.8) is 0 Å². The topological polar surface area (TPSA) is 77.1 Å². The molecule has 1 aromatic carbocycles. The van der Waals surface area contributed by atoms with Gasteiger partial charge in [0.15, 0.2) is 0 Å². The molecule has 8 heteroatoms. The zero-order valence-electron chi connectivity index (χ0n) is 20.7. The van der Waals surface area contributed by atoms with Crippen LogP contribution < -0.4 is 9.80 Å². The molecule has 2 saturated heterocycles. The van der Waals surface area contributed by atoms with Crippen molar-refractivity contribution < 1.29 is 14.4 Å². The van der Waals surface area contributed by atoms with Gasteiger partial charge in [-0.3, -0.25) is 14.4 Å². The van der Waals surface area contributed by atoms with E-state index < -0.39 is 0 Å². The fraction of sp³-hybridized carbons (Fsp3) is 0.462. The van der Waals surface area contributed by atoms with Crippen molar-refractivity contribution in [3.8, 4) is 0 Å². The summed E-state index contributed by atoms with van der Waals surface area (Å²) in [5, 5.41) is 0. The summed E-state index contributed by atoms with van der Waals surface area (Å²) in [6.45, 7) is 8.54. The molecule has 0 bridgehead atoms. The minimum absolute atomic E-state index is 0.0472. The van der Waals surface area contributed by atoms with Gasteiger partial charge in [0, 0.05) is 64.6 Å². The Hall–Kier alpha value is -3.42. The Morgan fingerprint density at radius 2 is 1.74 bits per heavy atom. The van der Waals surface area contributed by atoms with E-state index in [1.807, 2.05) is 20.0 Å². The van der Waals surface area contributed by atoms with Gasteiger partial charge in [0.2, 0.25) is 5.91 Å². The van der Waals surface area contributed by atoms with Crippen LogP contribution in [-0.4, -0.2) is 78.8 Å². The van der Waals surface area contributed by atoms with Crippen LogP contribution in [0.5, 0.6) is 0 Å². The highest BCUT2D eigenvalue weighted by molar-refractivity contribution is 6.08. The van der Waals surface area contributed by atoms with Gasteiger partial charge < -0.3 is 19.6 Å². The number of carbonyl (C=O) groups is 3. The van der Waals surface area contributed by atoms with Gasteiger partial charge in [-0.25, -0.2) is 4.98 Å². The summed E-state index contributed by atoms with van der Waals surface area (Å²) >= 11 is 0. The average molecular weight is 464 g/mol. The number of piperazine rings is 1. The Morgan fingerprint density at radius 1 is 1.03 bits per heavy atom. The van der Waals surface area contributed by atoms with Crippen molar-refractivity contribution in [3.05, 3.63) is 52.7 Å². The second-order valence-corrected chi connectivity index (χ2v) is 9.51. The van der Waals surface area contributed by atoms with E-state index in [-0.39, 0.29) is 23.8 Å². The highest BCUT2D eigenvalue weighted by Crippen LogP contribution is 2.29. The Balaban J connectivity index is 1.56. The molecule has 3 amide bonds. The summed E-state index contributed by atoms with van der Waals surface area (Å²) in [5.41, 5.74) is 3.63. The molecule has 2 aromatic rings. The van der Waals surface area contributed by atoms with E-state index in [9.17, 15) is 14.4 Å². The number of anilines is 2. The van der Waals surface area contributed by atoms with E-state index in [1.54, 1.807) is 42.1 Å². The number of carbonyl (C=O) groups excluding carboxylic acids is 3. The standard InChI is InChI=1S/C26H33N5O3/c1-17-14-18(2)24(27-16-17)29-10-12-30(13-11-29)26(34)21-8-7-20(15-22(21)25(33)28(4)5)31-19(3)6-9-23(31)32/h7-8,14-16,19H,6,9-13H2,1-5H3. The molecule has 180 valence electrons. The van der Waals surface area contributed by atoms with Crippen LogP contribution in [0.2, 0.25) is 0 Å². The molecule has 8 nitrogen and oxygen atoms in total. The highest BCUT2D eigenvalue weighted by atomic mass is 16.2. The first kappa shape index (κ1) is 23.7. The lowest BCUT2D eigenvalue weighted by atomic mass is 10.0. The minimum atomic E-state index is -0.248. The number of pyridine rings is 1. The molecule has 0 N–H and O–H groups in total. The number of hydrogen-bond acceptors (Lipinski definition) is 5. The minimum Gasteiger partial charge on any atom is -0.353 e. The lowest BCUT2D eigenvalue weighted by Crippen LogP contribution is -2.49. The van der Waals surface area contributed by atoms with E-state index in [1.165, 1.54) is 4.90 Å². The summed E-state index contributed by atoms with van der Waals surface area (Å²) in [7, 11) is 3.34. The monoisotopic (exact) mass is 463 g/mol. The third kappa shape index (κ3) is 4.49. The maximum atomic E-state index is 13.5. The fourth-order valence-electron chi connectivity index (χ4n) is 4.84. The molecule has 2 fully saturated rings. The van der Waals surface area contributed by atoms with E-state index in [4.69, 9.17) is 0 Å². The average Bonchev–Trinajstić information content (AvgIpc) is 3.15.